The van der Waals surface area contributed by atoms with Crippen molar-refractivity contribution in [1.29, 1.82) is 0 Å². The molecule has 244 valence electrons. The molecule has 0 saturated carbocycles. The van der Waals surface area contributed by atoms with E-state index in [0.29, 0.717) is 49.0 Å². The number of ether oxygens (including phenoxy) is 4. The average molecular weight is 665 g/mol. The van der Waals surface area contributed by atoms with Gasteiger partial charge < -0.3 is 24.1 Å². The van der Waals surface area contributed by atoms with Crippen molar-refractivity contribution in [2.45, 2.75) is 26.5 Å². The highest BCUT2D eigenvalue weighted by molar-refractivity contribution is 7.07. The highest BCUT2D eigenvalue weighted by atomic mass is 32.1. The van der Waals surface area contributed by atoms with Crippen LogP contribution < -0.4 is 29.1 Å². The maximum atomic E-state index is 14.3. The molecule has 10 nitrogen and oxygen atoms in total. The molecule has 1 aliphatic heterocycles. The van der Waals surface area contributed by atoms with Crippen LogP contribution in [0.1, 0.15) is 46.9 Å². The topological polar surface area (TPSA) is 126 Å². The van der Waals surface area contributed by atoms with Gasteiger partial charge in [-0.05, 0) is 72.2 Å². The summed E-state index contributed by atoms with van der Waals surface area (Å²) in [4.78, 5) is 44.3. The van der Waals surface area contributed by atoms with E-state index in [1.165, 1.54) is 24.5 Å². The Kier molecular flexibility index (Phi) is 9.13. The van der Waals surface area contributed by atoms with Gasteiger partial charge in [-0.2, -0.15) is 0 Å². The molecule has 0 bridgehead atoms. The first kappa shape index (κ1) is 32.3. The van der Waals surface area contributed by atoms with E-state index in [1.54, 1.807) is 68.0 Å². The Morgan fingerprint density at radius 2 is 1.73 bits per heavy atom. The summed E-state index contributed by atoms with van der Waals surface area (Å²) in [5, 5.41) is 11.1. The van der Waals surface area contributed by atoms with E-state index in [0.717, 1.165) is 10.8 Å². The van der Waals surface area contributed by atoms with Crippen molar-refractivity contribution in [3.8, 4) is 17.2 Å². The molecule has 0 amide bonds. The fourth-order valence-electron chi connectivity index (χ4n) is 5.80. The lowest BCUT2D eigenvalue weighted by molar-refractivity contribution is -0.139. The molecule has 0 fully saturated rings. The Hall–Kier alpha value is -5.68. The molecule has 6 rings (SSSR count). The number of benzene rings is 4. The van der Waals surface area contributed by atoms with Crippen molar-refractivity contribution in [2.75, 3.05) is 20.8 Å². The van der Waals surface area contributed by atoms with Crippen LogP contribution in [-0.2, 0) is 16.1 Å². The van der Waals surface area contributed by atoms with Crippen LogP contribution >= 0.6 is 11.3 Å². The van der Waals surface area contributed by atoms with Crippen LogP contribution in [0.25, 0.3) is 16.8 Å². The Labute approximate surface area is 279 Å². The van der Waals surface area contributed by atoms with Gasteiger partial charge in [-0.1, -0.05) is 59.9 Å². The zero-order chi connectivity index (χ0) is 33.9. The second kappa shape index (κ2) is 13.6. The second-order valence-corrected chi connectivity index (χ2v) is 11.9. The lowest BCUT2D eigenvalue weighted by Gasteiger charge is -2.27. The third-order valence-corrected chi connectivity index (χ3v) is 8.98. The van der Waals surface area contributed by atoms with Gasteiger partial charge in [-0.25, -0.2) is 14.6 Å². The molecule has 0 unspecified atom stereocenters. The molecule has 2 heterocycles. The normalized spacial score (nSPS) is 14.3. The Balaban J connectivity index is 1.44. The number of aromatic nitrogens is 1. The molecule has 1 N–H and O–H groups in total. The van der Waals surface area contributed by atoms with E-state index < -0.39 is 18.0 Å². The number of hydrogen-bond acceptors (Lipinski definition) is 9. The van der Waals surface area contributed by atoms with Crippen molar-refractivity contribution in [1.82, 2.24) is 4.57 Å². The van der Waals surface area contributed by atoms with Gasteiger partial charge in [0.05, 0.1) is 42.2 Å². The van der Waals surface area contributed by atoms with E-state index in [-0.39, 0.29) is 29.9 Å². The summed E-state index contributed by atoms with van der Waals surface area (Å²) in [6.07, 6.45) is 1.74. The zero-order valence-corrected chi connectivity index (χ0v) is 27.5. The molecule has 0 aliphatic carbocycles. The number of fused-ring (bicyclic) bond motifs is 2. The number of thiazole rings is 1. The summed E-state index contributed by atoms with van der Waals surface area (Å²) in [7, 11) is 3.08. The quantitative estimate of drug-likeness (QED) is 0.201. The van der Waals surface area contributed by atoms with Gasteiger partial charge in [-0.15, -0.1) is 0 Å². The first-order valence-corrected chi connectivity index (χ1v) is 15.9. The molecule has 0 saturated heterocycles. The predicted octanol–water partition coefficient (Wildman–Crippen LogP) is 5.25. The average Bonchev–Trinajstić information content (AvgIpc) is 3.40. The minimum atomic E-state index is -1.01. The summed E-state index contributed by atoms with van der Waals surface area (Å²) in [6.45, 7) is 3.78. The van der Waals surface area contributed by atoms with Crippen molar-refractivity contribution in [3.05, 3.63) is 132 Å². The van der Waals surface area contributed by atoms with Crippen LogP contribution in [0.4, 0.5) is 0 Å². The summed E-state index contributed by atoms with van der Waals surface area (Å²) < 4.78 is 24.8. The molecule has 0 radical (unpaired) electrons. The number of aromatic carboxylic acids is 1. The third kappa shape index (κ3) is 6.07. The standard InChI is InChI=1S/C37H32N2O8S/c1-5-46-36(43)31-21(2)38-37-39(33(31)32-26-12-7-6-10-24(26)14-16-28(32)44-3)34(40)30(48-37)19-22-13-15-27(29(18-22)45-4)47-20-23-9-8-11-25(17-23)35(41)42/h6-19,33H,5,20H2,1-4H3,(H,41,42)/b30-19-/t33-/m0/s1. The van der Waals surface area contributed by atoms with Crippen LogP contribution in [0, 0.1) is 0 Å². The van der Waals surface area contributed by atoms with Crippen LogP contribution in [0.5, 0.6) is 17.2 Å². The number of esters is 1. The van der Waals surface area contributed by atoms with Gasteiger partial charge in [-0.3, -0.25) is 9.36 Å². The number of nitrogens with zero attached hydrogens (tertiary/aromatic N) is 2. The van der Waals surface area contributed by atoms with Crippen molar-refractivity contribution in [3.63, 3.8) is 0 Å². The molecule has 0 spiro atoms. The minimum absolute atomic E-state index is 0.134. The number of carbonyl (C=O) groups excluding carboxylic acids is 1. The van der Waals surface area contributed by atoms with Gasteiger partial charge in [0, 0.05) is 5.56 Å². The van der Waals surface area contributed by atoms with Gasteiger partial charge in [0.1, 0.15) is 18.4 Å². The van der Waals surface area contributed by atoms with Gasteiger partial charge >= 0.3 is 11.9 Å². The monoisotopic (exact) mass is 664 g/mol. The van der Waals surface area contributed by atoms with Crippen LogP contribution in [0.2, 0.25) is 0 Å². The molecular weight excluding hydrogens is 632 g/mol. The first-order chi connectivity index (χ1) is 23.2. The summed E-state index contributed by atoms with van der Waals surface area (Å²) >= 11 is 1.21. The summed E-state index contributed by atoms with van der Waals surface area (Å²) in [5.74, 6) is -0.152. The molecule has 5 aromatic rings. The number of carboxylic acid groups (broad SMARTS) is 1. The van der Waals surface area contributed by atoms with E-state index in [4.69, 9.17) is 23.9 Å². The Morgan fingerprint density at radius 3 is 2.48 bits per heavy atom. The van der Waals surface area contributed by atoms with Crippen LogP contribution in [0.3, 0.4) is 0 Å². The number of carbonyl (C=O) groups is 2. The molecule has 4 aromatic carbocycles. The van der Waals surface area contributed by atoms with Gasteiger partial charge in [0.2, 0.25) is 0 Å². The number of methoxy groups -OCH3 is 2. The summed E-state index contributed by atoms with van der Waals surface area (Å²) in [6, 6.07) is 22.5. The third-order valence-electron chi connectivity index (χ3n) is 7.99. The first-order valence-electron chi connectivity index (χ1n) is 15.1. The number of rotatable bonds is 10. The summed E-state index contributed by atoms with van der Waals surface area (Å²) in [5.41, 5.74) is 2.60. The smallest absolute Gasteiger partial charge is 0.338 e. The maximum Gasteiger partial charge on any atom is 0.338 e. The van der Waals surface area contributed by atoms with Crippen LogP contribution in [-0.4, -0.2) is 42.4 Å². The van der Waals surface area contributed by atoms with Crippen molar-refractivity contribution < 1.29 is 33.6 Å². The predicted molar refractivity (Wildman–Crippen MR) is 182 cm³/mol. The van der Waals surface area contributed by atoms with Gasteiger partial charge in [0.15, 0.2) is 16.3 Å². The fraction of sp³-hybridized carbons (Fsp3) is 0.189. The number of hydrogen-bond donors (Lipinski definition) is 1. The molecule has 11 heteroatoms. The fourth-order valence-corrected chi connectivity index (χ4v) is 6.85. The van der Waals surface area contributed by atoms with E-state index >= 15 is 0 Å². The Bertz CT molecular complexity index is 2280. The SMILES string of the molecule is CCOC(=O)C1=C(C)N=c2s/c(=C\c3ccc(OCc4cccc(C(=O)O)c4)c(OC)c3)c(=O)n2[C@@H]1c1c(OC)ccc2ccccc12. The minimum Gasteiger partial charge on any atom is -0.496 e. The lowest BCUT2D eigenvalue weighted by Crippen LogP contribution is -2.40. The molecule has 1 aromatic heterocycles. The van der Waals surface area contributed by atoms with Crippen LogP contribution in [0.15, 0.2) is 99.9 Å². The molecule has 1 aliphatic rings. The van der Waals surface area contributed by atoms with E-state index in [2.05, 4.69) is 0 Å². The van der Waals surface area contributed by atoms with Gasteiger partial charge in [0.25, 0.3) is 5.56 Å². The maximum absolute atomic E-state index is 14.3. The molecule has 48 heavy (non-hydrogen) atoms. The number of allylic oxidation sites excluding steroid dienone is 1. The lowest BCUT2D eigenvalue weighted by atomic mass is 9.90. The second-order valence-electron chi connectivity index (χ2n) is 10.9. The highest BCUT2D eigenvalue weighted by Gasteiger charge is 2.36. The van der Waals surface area contributed by atoms with Crippen molar-refractivity contribution >= 4 is 40.1 Å². The Morgan fingerprint density at radius 1 is 0.958 bits per heavy atom. The highest BCUT2D eigenvalue weighted by Crippen LogP contribution is 2.40. The molecule has 1 atom stereocenters. The van der Waals surface area contributed by atoms with Crippen molar-refractivity contribution in [2.24, 2.45) is 4.99 Å². The molecular formula is C37H32N2O8S. The number of carboxylic acids is 1. The van der Waals surface area contributed by atoms with E-state index in [9.17, 15) is 19.5 Å². The largest absolute Gasteiger partial charge is 0.496 e. The zero-order valence-electron chi connectivity index (χ0n) is 26.7. The van der Waals surface area contributed by atoms with E-state index in [1.807, 2.05) is 36.4 Å².